The third kappa shape index (κ3) is 3.63. The van der Waals surface area contributed by atoms with Crippen LogP contribution < -0.4 is 5.32 Å². The van der Waals surface area contributed by atoms with Gasteiger partial charge in [-0.2, -0.15) is 0 Å². The number of hydrogen-bond acceptors (Lipinski definition) is 5. The summed E-state index contributed by atoms with van der Waals surface area (Å²) in [7, 11) is 0. The van der Waals surface area contributed by atoms with Gasteiger partial charge in [-0.05, 0) is 12.1 Å². The second kappa shape index (κ2) is 6.87. The van der Waals surface area contributed by atoms with Gasteiger partial charge in [-0.25, -0.2) is 9.97 Å². The first-order valence-electron chi connectivity index (χ1n) is 7.39. The van der Waals surface area contributed by atoms with E-state index in [1.807, 2.05) is 30.3 Å². The Bertz CT molecular complexity index is 684. The van der Waals surface area contributed by atoms with Gasteiger partial charge in [-0.15, -0.1) is 0 Å². The molecule has 0 saturated carbocycles. The minimum atomic E-state index is -0.144. The van der Waals surface area contributed by atoms with Gasteiger partial charge in [0.25, 0.3) is 5.91 Å². The van der Waals surface area contributed by atoms with Crippen LogP contribution in [0.1, 0.15) is 10.5 Å². The zero-order valence-electron chi connectivity index (χ0n) is 12.6. The van der Waals surface area contributed by atoms with Crippen LogP contribution in [0.5, 0.6) is 0 Å². The summed E-state index contributed by atoms with van der Waals surface area (Å²) >= 11 is 0. The molecule has 3 rings (SSSR count). The average Bonchev–Trinajstić information content (AvgIpc) is 2.62. The smallest absolute Gasteiger partial charge is 0.272 e. The lowest BCUT2D eigenvalue weighted by atomic mass is 10.2. The molecule has 7 nitrogen and oxygen atoms in total. The van der Waals surface area contributed by atoms with Crippen molar-refractivity contribution in [2.45, 2.75) is 0 Å². The third-order valence-corrected chi connectivity index (χ3v) is 3.68. The molecule has 1 aromatic heterocycles. The molecule has 118 valence electrons. The highest BCUT2D eigenvalue weighted by Gasteiger charge is 2.22. The Morgan fingerprint density at radius 3 is 2.52 bits per heavy atom. The van der Waals surface area contributed by atoms with E-state index in [4.69, 9.17) is 0 Å². The summed E-state index contributed by atoms with van der Waals surface area (Å²) in [5.41, 5.74) is 1.24. The van der Waals surface area contributed by atoms with Crippen LogP contribution in [0.25, 0.3) is 0 Å². The summed E-state index contributed by atoms with van der Waals surface area (Å²) in [5.74, 6) is 0.426. The molecule has 2 amide bonds. The molecule has 1 saturated heterocycles. The zero-order valence-corrected chi connectivity index (χ0v) is 12.6. The zero-order chi connectivity index (χ0) is 16.1. The molecule has 1 fully saturated rings. The van der Waals surface area contributed by atoms with Gasteiger partial charge >= 0.3 is 0 Å². The summed E-state index contributed by atoms with van der Waals surface area (Å²) in [6, 6.07) is 11.2. The molecule has 2 heterocycles. The number of nitrogens with zero attached hydrogens (tertiary/aromatic N) is 4. The molecule has 1 N–H and O–H groups in total. The molecule has 0 unspecified atom stereocenters. The molecule has 1 aliphatic heterocycles. The summed E-state index contributed by atoms with van der Waals surface area (Å²) in [4.78, 5) is 34.8. The Morgan fingerprint density at radius 2 is 1.83 bits per heavy atom. The largest absolute Gasteiger partial charge is 0.342 e. The first-order chi connectivity index (χ1) is 11.3. The van der Waals surface area contributed by atoms with Crippen molar-refractivity contribution in [1.29, 1.82) is 0 Å². The number of rotatable bonds is 4. The topological polar surface area (TPSA) is 78.4 Å². The molecule has 7 heteroatoms. The highest BCUT2D eigenvalue weighted by Crippen LogP contribution is 2.15. The molecule has 0 radical (unpaired) electrons. The maximum atomic E-state index is 12.5. The number of anilines is 2. The van der Waals surface area contributed by atoms with Crippen LogP contribution in [0.3, 0.4) is 0 Å². The van der Waals surface area contributed by atoms with Gasteiger partial charge in [0.1, 0.15) is 17.8 Å². The van der Waals surface area contributed by atoms with Crippen molar-refractivity contribution >= 4 is 23.8 Å². The van der Waals surface area contributed by atoms with Gasteiger partial charge in [-0.1, -0.05) is 18.2 Å². The molecule has 0 aliphatic carbocycles. The molecule has 0 atom stereocenters. The van der Waals surface area contributed by atoms with Crippen molar-refractivity contribution in [2.75, 3.05) is 31.5 Å². The summed E-state index contributed by atoms with van der Waals surface area (Å²) < 4.78 is 0. The van der Waals surface area contributed by atoms with Crippen LogP contribution in [0.4, 0.5) is 11.5 Å². The quantitative estimate of drug-likeness (QED) is 0.857. The maximum Gasteiger partial charge on any atom is 0.272 e. The van der Waals surface area contributed by atoms with Gasteiger partial charge in [0.05, 0.1) is 0 Å². The lowest BCUT2D eigenvalue weighted by Gasteiger charge is -2.32. The standard InChI is InChI=1S/C16H17N5O2/c22-12-20-6-8-21(9-7-20)16(23)14-10-15(18-11-17-14)19-13-4-2-1-3-5-13/h1-5,10-12H,6-9H2,(H,17,18,19). The van der Waals surface area contributed by atoms with Crippen molar-refractivity contribution in [3.63, 3.8) is 0 Å². The number of benzene rings is 1. The van der Waals surface area contributed by atoms with Crippen LogP contribution in [-0.4, -0.2) is 58.3 Å². The Balaban J connectivity index is 1.69. The minimum Gasteiger partial charge on any atom is -0.342 e. The number of aromatic nitrogens is 2. The lowest BCUT2D eigenvalue weighted by Crippen LogP contribution is -2.48. The van der Waals surface area contributed by atoms with E-state index in [0.717, 1.165) is 12.1 Å². The molecule has 2 aromatic rings. The second-order valence-electron chi connectivity index (χ2n) is 5.21. The van der Waals surface area contributed by atoms with E-state index in [0.29, 0.717) is 37.7 Å². The van der Waals surface area contributed by atoms with Gasteiger partial charge in [-0.3, -0.25) is 9.59 Å². The molecule has 1 aromatic carbocycles. The number of nitrogens with one attached hydrogen (secondary N) is 1. The van der Waals surface area contributed by atoms with Crippen molar-refractivity contribution in [1.82, 2.24) is 19.8 Å². The van der Waals surface area contributed by atoms with Crippen LogP contribution in [0.15, 0.2) is 42.7 Å². The van der Waals surface area contributed by atoms with Crippen LogP contribution in [0.2, 0.25) is 0 Å². The monoisotopic (exact) mass is 311 g/mol. The molecule has 0 bridgehead atoms. The fraction of sp³-hybridized carbons (Fsp3) is 0.250. The SMILES string of the molecule is O=CN1CCN(C(=O)c2cc(Nc3ccccc3)ncn2)CC1. The van der Waals surface area contributed by atoms with Gasteiger partial charge in [0.15, 0.2) is 0 Å². The summed E-state index contributed by atoms with van der Waals surface area (Å²) in [6.45, 7) is 2.14. The van der Waals surface area contributed by atoms with Crippen molar-refractivity contribution in [3.05, 3.63) is 48.4 Å². The number of para-hydroxylation sites is 1. The average molecular weight is 311 g/mol. The number of carbonyl (C=O) groups is 2. The number of piperazine rings is 1. The van der Waals surface area contributed by atoms with E-state index in [-0.39, 0.29) is 5.91 Å². The fourth-order valence-electron chi connectivity index (χ4n) is 2.40. The first-order valence-corrected chi connectivity index (χ1v) is 7.39. The molecule has 23 heavy (non-hydrogen) atoms. The first kappa shape index (κ1) is 15.0. The van der Waals surface area contributed by atoms with E-state index in [1.165, 1.54) is 6.33 Å². The minimum absolute atomic E-state index is 0.144. The second-order valence-corrected chi connectivity index (χ2v) is 5.21. The Labute approximate surface area is 134 Å². The van der Waals surface area contributed by atoms with Crippen LogP contribution in [-0.2, 0) is 4.79 Å². The third-order valence-electron chi connectivity index (χ3n) is 3.68. The Morgan fingerprint density at radius 1 is 1.09 bits per heavy atom. The lowest BCUT2D eigenvalue weighted by molar-refractivity contribution is -0.119. The van der Waals surface area contributed by atoms with E-state index < -0.39 is 0 Å². The normalized spacial score (nSPS) is 14.4. The maximum absolute atomic E-state index is 12.5. The van der Waals surface area contributed by atoms with Crippen LogP contribution in [0, 0.1) is 0 Å². The van der Waals surface area contributed by atoms with Crippen molar-refractivity contribution in [2.24, 2.45) is 0 Å². The van der Waals surface area contributed by atoms with E-state index in [1.54, 1.807) is 15.9 Å². The van der Waals surface area contributed by atoms with Gasteiger partial charge in [0.2, 0.25) is 6.41 Å². The fourth-order valence-corrected chi connectivity index (χ4v) is 2.40. The predicted molar refractivity (Wildman–Crippen MR) is 85.3 cm³/mol. The van der Waals surface area contributed by atoms with E-state index >= 15 is 0 Å². The number of amides is 2. The van der Waals surface area contributed by atoms with Crippen molar-refractivity contribution < 1.29 is 9.59 Å². The highest BCUT2D eigenvalue weighted by molar-refractivity contribution is 5.93. The highest BCUT2D eigenvalue weighted by atomic mass is 16.2. The summed E-state index contributed by atoms with van der Waals surface area (Å²) in [5, 5.41) is 3.14. The van der Waals surface area contributed by atoms with Crippen molar-refractivity contribution in [3.8, 4) is 0 Å². The Hall–Kier alpha value is -2.96. The number of hydrogen-bond donors (Lipinski definition) is 1. The number of carbonyl (C=O) groups excluding carboxylic acids is 2. The van der Waals surface area contributed by atoms with E-state index in [2.05, 4.69) is 15.3 Å². The Kier molecular flexibility index (Phi) is 4.46. The van der Waals surface area contributed by atoms with Crippen LogP contribution >= 0.6 is 0 Å². The molecular weight excluding hydrogens is 294 g/mol. The molecule has 1 aliphatic rings. The van der Waals surface area contributed by atoms with Gasteiger partial charge in [0, 0.05) is 37.9 Å². The molecule has 0 spiro atoms. The summed E-state index contributed by atoms with van der Waals surface area (Å²) in [6.07, 6.45) is 2.19. The predicted octanol–water partition coefficient (Wildman–Crippen LogP) is 1.13. The molecular formula is C16H17N5O2. The van der Waals surface area contributed by atoms with E-state index in [9.17, 15) is 9.59 Å². The van der Waals surface area contributed by atoms with Gasteiger partial charge < -0.3 is 15.1 Å².